The second-order valence-electron chi connectivity index (χ2n) is 14.6. The number of fused-ring (bicyclic) bond motifs is 3. The van der Waals surface area contributed by atoms with E-state index in [9.17, 15) is 0 Å². The zero-order valence-electron chi connectivity index (χ0n) is 34.0. The van der Waals surface area contributed by atoms with Crippen LogP contribution in [-0.2, 0) is 26.5 Å². The molecular formula is C46H48IrN2OSi-2. The van der Waals surface area contributed by atoms with Crippen molar-refractivity contribution in [1.29, 1.82) is 0 Å². The molecule has 0 aliphatic heterocycles. The largest absolute Gasteiger partial charge is 0.501 e. The smallest absolute Gasteiger partial charge is 0.121 e. The van der Waals surface area contributed by atoms with Crippen molar-refractivity contribution in [3.63, 3.8) is 0 Å². The predicted octanol–water partition coefficient (Wildman–Crippen LogP) is 12.1. The van der Waals surface area contributed by atoms with Crippen molar-refractivity contribution in [1.82, 2.24) is 9.97 Å². The number of nitrogens with zero attached hydrogens (tertiary/aromatic N) is 2. The van der Waals surface area contributed by atoms with Gasteiger partial charge < -0.3 is 14.4 Å². The average Bonchev–Trinajstić information content (AvgIpc) is 3.50. The van der Waals surface area contributed by atoms with Crippen molar-refractivity contribution in [2.75, 3.05) is 0 Å². The van der Waals surface area contributed by atoms with Crippen LogP contribution in [0.4, 0.5) is 0 Å². The Morgan fingerprint density at radius 2 is 1.61 bits per heavy atom. The van der Waals surface area contributed by atoms with Crippen LogP contribution in [0.25, 0.3) is 55.6 Å². The van der Waals surface area contributed by atoms with Gasteiger partial charge in [0.25, 0.3) is 0 Å². The third-order valence-electron chi connectivity index (χ3n) is 8.75. The molecule has 7 aromatic rings. The number of rotatable bonds is 7. The van der Waals surface area contributed by atoms with Crippen molar-refractivity contribution in [3.05, 3.63) is 138 Å². The third kappa shape index (κ3) is 8.67. The summed E-state index contributed by atoms with van der Waals surface area (Å²) < 4.78 is 31.8. The first kappa shape index (κ1) is 34.0. The number of hydrogen-bond donors (Lipinski definition) is 0. The van der Waals surface area contributed by atoms with Gasteiger partial charge in [0.1, 0.15) is 5.58 Å². The van der Waals surface area contributed by atoms with Crippen LogP contribution in [0.3, 0.4) is 0 Å². The maximum Gasteiger partial charge on any atom is 0.121 e. The van der Waals surface area contributed by atoms with Gasteiger partial charge in [-0.15, -0.1) is 54.1 Å². The maximum atomic E-state index is 8.54. The zero-order chi connectivity index (χ0) is 38.3. The van der Waals surface area contributed by atoms with E-state index in [1.165, 1.54) is 21.9 Å². The van der Waals surface area contributed by atoms with Crippen LogP contribution in [0.2, 0.25) is 19.6 Å². The fourth-order valence-corrected chi connectivity index (χ4v) is 7.31. The summed E-state index contributed by atoms with van der Waals surface area (Å²) >= 11 is 0. The van der Waals surface area contributed by atoms with Gasteiger partial charge in [-0.1, -0.05) is 123 Å². The van der Waals surface area contributed by atoms with Gasteiger partial charge in [0, 0.05) is 42.0 Å². The van der Waals surface area contributed by atoms with Gasteiger partial charge in [-0.2, -0.15) is 0 Å². The minimum absolute atomic E-state index is 0. The molecule has 4 aromatic carbocycles. The summed E-state index contributed by atoms with van der Waals surface area (Å²) in [5.41, 5.74) is 11.2. The first-order valence-corrected chi connectivity index (χ1v) is 20.8. The normalized spacial score (nSPS) is 12.9. The molecule has 0 amide bonds. The van der Waals surface area contributed by atoms with E-state index in [0.717, 1.165) is 49.9 Å². The van der Waals surface area contributed by atoms with Crippen LogP contribution in [0.15, 0.2) is 108 Å². The summed E-state index contributed by atoms with van der Waals surface area (Å²) in [6.45, 7) is 18.6. The summed E-state index contributed by atoms with van der Waals surface area (Å²) in [4.78, 5) is 9.20. The van der Waals surface area contributed by atoms with Gasteiger partial charge in [-0.05, 0) is 71.9 Å². The van der Waals surface area contributed by atoms with Crippen LogP contribution in [0.5, 0.6) is 0 Å². The van der Waals surface area contributed by atoms with E-state index in [4.69, 9.17) is 8.53 Å². The number of benzene rings is 4. The average molecular weight is 868 g/mol. The molecule has 263 valence electrons. The number of aryl methyl sites for hydroxylation is 2. The second kappa shape index (κ2) is 16.0. The summed E-state index contributed by atoms with van der Waals surface area (Å²) in [6.07, 6.45) is 2.27. The van der Waals surface area contributed by atoms with Gasteiger partial charge >= 0.3 is 0 Å². The molecule has 0 unspecified atom stereocenters. The van der Waals surface area contributed by atoms with Gasteiger partial charge in [0.15, 0.2) is 0 Å². The summed E-state index contributed by atoms with van der Waals surface area (Å²) in [5, 5.41) is 3.34. The standard InChI is InChI=1S/C28H24NO.C18H24NSi.Ir/c1-17(2)20-11-12-29-25(16-20)23-8-5-9-24-27-22(7-6-10-26(27)30-28(23)24)21-14-18(3)13-19(4)15-21;1-14(2)11-16-12-17(20(3,4)5)13-19-18(16)15-9-7-6-8-10-15;/h5-7,9-17H,1-4H3;6-9,12-14H,11H2,1-5H3;/q2*-1;/i17D;11D2;. The number of aromatic nitrogens is 2. The molecule has 7 rings (SSSR count). The molecule has 0 aliphatic carbocycles. The monoisotopic (exact) mass is 868 g/mol. The fraction of sp³-hybridized carbons (Fsp3) is 0.261. The maximum absolute atomic E-state index is 8.54. The Labute approximate surface area is 323 Å². The molecule has 0 saturated carbocycles. The van der Waals surface area contributed by atoms with Gasteiger partial charge in [0.2, 0.25) is 0 Å². The molecule has 0 fully saturated rings. The first-order chi connectivity index (χ1) is 24.9. The third-order valence-corrected chi connectivity index (χ3v) is 10.8. The minimum atomic E-state index is -1.54. The van der Waals surface area contributed by atoms with E-state index < -0.39 is 20.3 Å². The van der Waals surface area contributed by atoms with E-state index in [1.54, 1.807) is 6.20 Å². The van der Waals surface area contributed by atoms with Crippen LogP contribution in [0, 0.1) is 31.9 Å². The quantitative estimate of drug-likeness (QED) is 0.118. The van der Waals surface area contributed by atoms with E-state index in [0.29, 0.717) is 11.3 Å². The molecule has 5 heteroatoms. The summed E-state index contributed by atoms with van der Waals surface area (Å²) in [6, 6.07) is 36.9. The molecule has 51 heavy (non-hydrogen) atoms. The van der Waals surface area contributed by atoms with E-state index in [-0.39, 0.29) is 26.0 Å². The Hall–Kier alpha value is -4.15. The molecule has 0 saturated heterocycles. The number of furan rings is 1. The van der Waals surface area contributed by atoms with Crippen molar-refractivity contribution < 1.29 is 28.6 Å². The molecule has 0 spiro atoms. The number of hydrogen-bond acceptors (Lipinski definition) is 3. The Morgan fingerprint density at radius 3 is 2.27 bits per heavy atom. The van der Waals surface area contributed by atoms with Crippen molar-refractivity contribution in [3.8, 4) is 33.6 Å². The molecular weight excluding hydrogens is 817 g/mol. The zero-order valence-corrected chi connectivity index (χ0v) is 34.4. The topological polar surface area (TPSA) is 38.9 Å². The van der Waals surface area contributed by atoms with Crippen LogP contribution < -0.4 is 5.19 Å². The Kier molecular flexibility index (Phi) is 10.7. The van der Waals surface area contributed by atoms with Crippen molar-refractivity contribution in [2.24, 2.45) is 5.92 Å². The van der Waals surface area contributed by atoms with Gasteiger partial charge in [-0.25, -0.2) is 0 Å². The molecule has 3 aromatic heterocycles. The van der Waals surface area contributed by atoms with Crippen molar-refractivity contribution in [2.45, 2.75) is 73.5 Å². The van der Waals surface area contributed by atoms with Crippen molar-refractivity contribution >= 4 is 35.2 Å². The van der Waals surface area contributed by atoms with Gasteiger partial charge in [0.05, 0.1) is 13.7 Å². The van der Waals surface area contributed by atoms with Crippen LogP contribution in [0.1, 0.15) is 60.0 Å². The summed E-state index contributed by atoms with van der Waals surface area (Å²) in [5.74, 6) is -0.816. The van der Waals surface area contributed by atoms with Crippen LogP contribution in [-0.4, -0.2) is 18.0 Å². The number of pyridine rings is 2. The van der Waals surface area contributed by atoms with Crippen LogP contribution >= 0.6 is 0 Å². The van der Waals surface area contributed by atoms with E-state index in [1.807, 2.05) is 94.6 Å². The molecule has 3 nitrogen and oxygen atoms in total. The molecule has 3 heterocycles. The Morgan fingerprint density at radius 1 is 0.843 bits per heavy atom. The Balaban J connectivity index is 0.000000217. The predicted molar refractivity (Wildman–Crippen MR) is 215 cm³/mol. The molecule has 0 atom stereocenters. The Bertz CT molecular complexity index is 2390. The van der Waals surface area contributed by atoms with Gasteiger partial charge in [-0.3, -0.25) is 0 Å². The molecule has 0 N–H and O–H groups in total. The van der Waals surface area contributed by atoms with E-state index in [2.05, 4.69) is 85.9 Å². The fourth-order valence-electron chi connectivity index (χ4n) is 6.28. The molecule has 0 aliphatic rings. The van der Waals surface area contributed by atoms with E-state index >= 15 is 0 Å². The first-order valence-electron chi connectivity index (χ1n) is 18.8. The second-order valence-corrected chi connectivity index (χ2v) is 19.7. The molecule has 1 radical (unpaired) electrons. The summed E-state index contributed by atoms with van der Waals surface area (Å²) in [7, 11) is -1.54. The minimum Gasteiger partial charge on any atom is -0.501 e. The SMILES string of the molecule is [2H]C(C)(C)c1ccnc(-c2[c-]ccc3c2oc2cccc(-c4cc(C)cc(C)c4)c23)c1.[2H]C([2H])(c1cc([Si](C)(C)C)cnc1-c1[c-]cccc1)C(C)C.[Ir]. The molecule has 0 bridgehead atoms.